The van der Waals surface area contributed by atoms with E-state index in [4.69, 9.17) is 0 Å². The van der Waals surface area contributed by atoms with Crippen LogP contribution in [-0.2, 0) is 6.54 Å². The van der Waals surface area contributed by atoms with Crippen molar-refractivity contribution < 1.29 is 4.79 Å². The van der Waals surface area contributed by atoms with Crippen LogP contribution in [0.4, 0.5) is 0 Å². The van der Waals surface area contributed by atoms with Gasteiger partial charge >= 0.3 is 0 Å². The lowest BCUT2D eigenvalue weighted by atomic mass is 9.98. The number of carbonyl (C=O) groups is 1. The number of aromatic nitrogens is 1. The smallest absolute Gasteiger partial charge is 0.254 e. The third-order valence-corrected chi connectivity index (χ3v) is 4.91. The van der Waals surface area contributed by atoms with Crippen LogP contribution >= 0.6 is 0 Å². The second kappa shape index (κ2) is 5.88. The minimum Gasteiger partial charge on any atom is -0.356 e. The molecule has 126 valence electrons. The van der Waals surface area contributed by atoms with E-state index < -0.39 is 0 Å². The molecule has 4 heteroatoms. The largest absolute Gasteiger partial charge is 0.356 e. The topological polar surface area (TPSA) is 53.2 Å². The third kappa shape index (κ3) is 2.45. The fourth-order valence-electron chi connectivity index (χ4n) is 3.77. The van der Waals surface area contributed by atoms with Gasteiger partial charge in [-0.15, -0.1) is 0 Å². The Bertz CT molecular complexity index is 1010. The summed E-state index contributed by atoms with van der Waals surface area (Å²) in [6.07, 6.45) is 0. The van der Waals surface area contributed by atoms with Crippen LogP contribution in [0.5, 0.6) is 0 Å². The summed E-state index contributed by atoms with van der Waals surface area (Å²) in [7, 11) is 0. The van der Waals surface area contributed by atoms with E-state index in [1.54, 1.807) is 0 Å². The van der Waals surface area contributed by atoms with Gasteiger partial charge in [0.1, 0.15) is 0 Å². The van der Waals surface area contributed by atoms with Gasteiger partial charge in [-0.05, 0) is 30.2 Å². The van der Waals surface area contributed by atoms with Crippen LogP contribution in [0.2, 0.25) is 0 Å². The van der Waals surface area contributed by atoms with Crippen LogP contribution in [0, 0.1) is 5.92 Å². The van der Waals surface area contributed by atoms with Crippen LogP contribution in [0.3, 0.4) is 0 Å². The van der Waals surface area contributed by atoms with Crippen LogP contribution in [0.15, 0.2) is 59.4 Å². The molecule has 3 aromatic rings. The van der Waals surface area contributed by atoms with Gasteiger partial charge in [0.15, 0.2) is 5.43 Å². The van der Waals surface area contributed by atoms with Gasteiger partial charge in [0.25, 0.3) is 5.91 Å². The molecule has 1 amide bonds. The van der Waals surface area contributed by atoms with E-state index in [0.29, 0.717) is 23.1 Å². The Morgan fingerprint density at radius 2 is 1.76 bits per heavy atom. The Hall–Kier alpha value is -2.88. The molecule has 4 nitrogen and oxygen atoms in total. The maximum Gasteiger partial charge on any atom is 0.254 e. The standard InChI is InChI=1S/C21H20N2O2/c1-13(2)19-18-16(20(24)15-10-6-7-11-17(15)22-18)12-23(19)21(25)14-8-4-3-5-9-14/h3-11,13,19H,12H2,1-2H3,(H,22,24). The highest BCUT2D eigenvalue weighted by Crippen LogP contribution is 2.37. The average Bonchev–Trinajstić information content (AvgIpc) is 3.02. The Morgan fingerprint density at radius 1 is 1.08 bits per heavy atom. The molecule has 0 saturated heterocycles. The summed E-state index contributed by atoms with van der Waals surface area (Å²) in [6, 6.07) is 16.7. The van der Waals surface area contributed by atoms with Crippen LogP contribution in [-0.4, -0.2) is 15.8 Å². The first-order chi connectivity index (χ1) is 12.1. The molecule has 0 saturated carbocycles. The number of benzene rings is 2. The molecule has 1 aliphatic rings. The summed E-state index contributed by atoms with van der Waals surface area (Å²) in [4.78, 5) is 31.2. The number of H-pyrrole nitrogens is 1. The Morgan fingerprint density at radius 3 is 2.48 bits per heavy atom. The number of para-hydroxylation sites is 1. The number of rotatable bonds is 2. The maximum atomic E-state index is 13.0. The lowest BCUT2D eigenvalue weighted by Gasteiger charge is -2.28. The zero-order chi connectivity index (χ0) is 17.6. The number of hydrogen-bond donors (Lipinski definition) is 1. The van der Waals surface area contributed by atoms with Crippen LogP contribution in [0.1, 0.15) is 41.5 Å². The van der Waals surface area contributed by atoms with Gasteiger partial charge in [0, 0.05) is 27.7 Å². The zero-order valence-corrected chi connectivity index (χ0v) is 14.3. The summed E-state index contributed by atoms with van der Waals surface area (Å²) >= 11 is 0. The highest BCUT2D eigenvalue weighted by molar-refractivity contribution is 5.95. The molecule has 1 unspecified atom stereocenters. The minimum absolute atomic E-state index is 0.0263. The fourth-order valence-corrected chi connectivity index (χ4v) is 3.77. The van der Waals surface area contributed by atoms with Crippen molar-refractivity contribution in [2.45, 2.75) is 26.4 Å². The average molecular weight is 332 g/mol. The van der Waals surface area contributed by atoms with Crippen molar-refractivity contribution in [2.24, 2.45) is 5.92 Å². The first-order valence-electron chi connectivity index (χ1n) is 8.57. The number of aromatic amines is 1. The van der Waals surface area contributed by atoms with E-state index in [0.717, 1.165) is 11.2 Å². The number of hydrogen-bond acceptors (Lipinski definition) is 2. The molecule has 1 atom stereocenters. The van der Waals surface area contributed by atoms with E-state index in [1.807, 2.05) is 59.5 Å². The molecular weight excluding hydrogens is 312 g/mol. The molecule has 4 rings (SSSR count). The van der Waals surface area contributed by atoms with Crippen molar-refractivity contribution in [1.29, 1.82) is 0 Å². The number of carbonyl (C=O) groups excluding carboxylic acids is 1. The van der Waals surface area contributed by atoms with Crippen molar-refractivity contribution >= 4 is 16.8 Å². The molecule has 0 radical (unpaired) electrons. The van der Waals surface area contributed by atoms with Crippen LogP contribution in [0.25, 0.3) is 10.9 Å². The summed E-state index contributed by atoms with van der Waals surface area (Å²) in [6.45, 7) is 4.52. The molecule has 0 bridgehead atoms. The molecule has 25 heavy (non-hydrogen) atoms. The van der Waals surface area contributed by atoms with Gasteiger partial charge in [0.2, 0.25) is 0 Å². The lowest BCUT2D eigenvalue weighted by Crippen LogP contribution is -2.32. The number of fused-ring (bicyclic) bond motifs is 2. The molecule has 1 N–H and O–H groups in total. The van der Waals surface area contributed by atoms with Crippen molar-refractivity contribution in [1.82, 2.24) is 9.88 Å². The highest BCUT2D eigenvalue weighted by Gasteiger charge is 2.38. The minimum atomic E-state index is -0.125. The first kappa shape index (κ1) is 15.6. The summed E-state index contributed by atoms with van der Waals surface area (Å²) in [5.41, 5.74) is 3.09. The normalized spacial score (nSPS) is 16.4. The van der Waals surface area contributed by atoms with Crippen molar-refractivity contribution in [3.8, 4) is 0 Å². The quantitative estimate of drug-likeness (QED) is 0.774. The molecule has 2 heterocycles. The lowest BCUT2D eigenvalue weighted by molar-refractivity contribution is 0.0642. The summed E-state index contributed by atoms with van der Waals surface area (Å²) < 4.78 is 0. The monoisotopic (exact) mass is 332 g/mol. The second-order valence-corrected chi connectivity index (χ2v) is 6.88. The van der Waals surface area contributed by atoms with E-state index in [9.17, 15) is 9.59 Å². The molecule has 0 fully saturated rings. The van der Waals surface area contributed by atoms with Gasteiger partial charge in [-0.2, -0.15) is 0 Å². The van der Waals surface area contributed by atoms with Crippen molar-refractivity contribution in [2.75, 3.05) is 0 Å². The summed E-state index contributed by atoms with van der Waals surface area (Å²) in [5.74, 6) is 0.165. The molecule has 1 aliphatic heterocycles. The van der Waals surface area contributed by atoms with E-state index in [2.05, 4.69) is 18.8 Å². The highest BCUT2D eigenvalue weighted by atomic mass is 16.2. The zero-order valence-electron chi connectivity index (χ0n) is 14.3. The molecule has 0 spiro atoms. The Labute approximate surface area is 146 Å². The number of nitrogens with one attached hydrogen (secondary N) is 1. The molecular formula is C21H20N2O2. The van der Waals surface area contributed by atoms with Gasteiger partial charge in [-0.3, -0.25) is 9.59 Å². The van der Waals surface area contributed by atoms with E-state index >= 15 is 0 Å². The summed E-state index contributed by atoms with van der Waals surface area (Å²) in [5, 5.41) is 0.678. The second-order valence-electron chi connectivity index (χ2n) is 6.88. The van der Waals surface area contributed by atoms with Gasteiger partial charge in [0.05, 0.1) is 12.6 Å². The Balaban J connectivity index is 1.86. The van der Waals surface area contributed by atoms with Gasteiger partial charge in [-0.1, -0.05) is 44.2 Å². The van der Waals surface area contributed by atoms with Crippen LogP contribution < -0.4 is 5.43 Å². The van der Waals surface area contributed by atoms with Gasteiger partial charge in [-0.25, -0.2) is 0 Å². The fraction of sp³-hybridized carbons (Fsp3) is 0.238. The first-order valence-corrected chi connectivity index (χ1v) is 8.57. The van der Waals surface area contributed by atoms with E-state index in [1.165, 1.54) is 0 Å². The number of amides is 1. The number of pyridine rings is 1. The van der Waals surface area contributed by atoms with E-state index in [-0.39, 0.29) is 23.3 Å². The molecule has 0 aliphatic carbocycles. The number of nitrogens with zero attached hydrogens (tertiary/aromatic N) is 1. The maximum absolute atomic E-state index is 13.0. The Kier molecular flexibility index (Phi) is 3.68. The van der Waals surface area contributed by atoms with Crippen molar-refractivity contribution in [3.63, 3.8) is 0 Å². The molecule has 1 aromatic heterocycles. The SMILES string of the molecule is CC(C)C1c2[nH]c3ccccc3c(=O)c2CN1C(=O)c1ccccc1. The third-order valence-electron chi connectivity index (χ3n) is 4.91. The van der Waals surface area contributed by atoms with Crippen molar-refractivity contribution in [3.05, 3.63) is 81.6 Å². The predicted molar refractivity (Wildman–Crippen MR) is 98.5 cm³/mol. The van der Waals surface area contributed by atoms with Gasteiger partial charge < -0.3 is 9.88 Å². The molecule has 2 aromatic carbocycles. The predicted octanol–water partition coefficient (Wildman–Crippen LogP) is 3.88.